The minimum atomic E-state index is -0.281. The molecule has 1 aliphatic rings. The zero-order valence-corrected chi connectivity index (χ0v) is 10.9. The fraction of sp³-hybridized carbons (Fsp3) is 0.500. The summed E-state index contributed by atoms with van der Waals surface area (Å²) in [5, 5.41) is 0. The number of rotatable bonds is 2. The lowest BCUT2D eigenvalue weighted by Gasteiger charge is -2.30. The van der Waals surface area contributed by atoms with Gasteiger partial charge in [0.25, 0.3) is 0 Å². The van der Waals surface area contributed by atoms with Gasteiger partial charge in [-0.3, -0.25) is 0 Å². The van der Waals surface area contributed by atoms with Gasteiger partial charge in [0.1, 0.15) is 6.61 Å². The number of carbonyl (C=O) groups is 1. The van der Waals surface area contributed by atoms with E-state index < -0.39 is 0 Å². The number of carbonyl (C=O) groups excluding carboxylic acids is 1. The summed E-state index contributed by atoms with van der Waals surface area (Å²) in [4.78, 5) is 13.8. The van der Waals surface area contributed by atoms with E-state index in [4.69, 9.17) is 10.5 Å². The number of hydrogen-bond acceptors (Lipinski definition) is 3. The van der Waals surface area contributed by atoms with Crippen LogP contribution < -0.4 is 5.73 Å². The van der Waals surface area contributed by atoms with E-state index in [9.17, 15) is 4.79 Å². The number of ether oxygens (including phenoxy) is 1. The van der Waals surface area contributed by atoms with Crippen molar-refractivity contribution in [2.75, 3.05) is 6.54 Å². The normalized spacial score (nSPS) is 21.9. The molecular formula is C14H20N2O2. The Morgan fingerprint density at radius 1 is 1.44 bits per heavy atom. The van der Waals surface area contributed by atoms with Gasteiger partial charge in [0, 0.05) is 18.1 Å². The molecule has 1 amide bonds. The van der Waals surface area contributed by atoms with Crippen molar-refractivity contribution in [2.45, 2.75) is 38.5 Å². The van der Waals surface area contributed by atoms with Crippen LogP contribution in [0.3, 0.4) is 0 Å². The number of hydrogen-bond donors (Lipinski definition) is 1. The minimum absolute atomic E-state index is 0.0456. The highest BCUT2D eigenvalue weighted by molar-refractivity contribution is 5.69. The molecule has 1 unspecified atom stereocenters. The van der Waals surface area contributed by atoms with Crippen molar-refractivity contribution in [1.29, 1.82) is 0 Å². The Bertz CT molecular complexity index is 417. The summed E-state index contributed by atoms with van der Waals surface area (Å²) in [7, 11) is 0. The average molecular weight is 248 g/mol. The summed E-state index contributed by atoms with van der Waals surface area (Å²) < 4.78 is 5.33. The van der Waals surface area contributed by atoms with Gasteiger partial charge in [0.05, 0.1) is 0 Å². The Morgan fingerprint density at radius 2 is 2.11 bits per heavy atom. The van der Waals surface area contributed by atoms with Crippen molar-refractivity contribution >= 4 is 6.09 Å². The first-order valence-corrected chi connectivity index (χ1v) is 6.23. The monoisotopic (exact) mass is 248 g/mol. The van der Waals surface area contributed by atoms with Gasteiger partial charge in [0.2, 0.25) is 0 Å². The lowest BCUT2D eigenvalue weighted by atomic mass is 10.0. The van der Waals surface area contributed by atoms with Crippen LogP contribution in [0.1, 0.15) is 25.8 Å². The zero-order chi connectivity index (χ0) is 13.2. The first kappa shape index (κ1) is 12.9. The first-order chi connectivity index (χ1) is 8.49. The topological polar surface area (TPSA) is 55.6 Å². The van der Waals surface area contributed by atoms with Crippen molar-refractivity contribution in [2.24, 2.45) is 5.73 Å². The molecule has 98 valence electrons. The van der Waals surface area contributed by atoms with E-state index in [1.165, 1.54) is 0 Å². The second-order valence-corrected chi connectivity index (χ2v) is 5.43. The van der Waals surface area contributed by atoms with Crippen LogP contribution in [0.25, 0.3) is 0 Å². The number of likely N-dealkylation sites (tertiary alicyclic amines) is 1. The predicted molar refractivity (Wildman–Crippen MR) is 70.0 cm³/mol. The van der Waals surface area contributed by atoms with E-state index in [0.717, 1.165) is 12.0 Å². The number of amides is 1. The predicted octanol–water partition coefficient (Wildman–Crippen LogP) is 2.13. The summed E-state index contributed by atoms with van der Waals surface area (Å²) in [5.74, 6) is 0. The van der Waals surface area contributed by atoms with Crippen molar-refractivity contribution in [3.63, 3.8) is 0 Å². The van der Waals surface area contributed by atoms with Crippen LogP contribution in [-0.2, 0) is 11.3 Å². The maximum absolute atomic E-state index is 12.0. The van der Waals surface area contributed by atoms with E-state index in [0.29, 0.717) is 13.2 Å². The molecule has 1 heterocycles. The van der Waals surface area contributed by atoms with E-state index in [1.807, 2.05) is 44.2 Å². The van der Waals surface area contributed by atoms with Crippen molar-refractivity contribution in [3.05, 3.63) is 35.9 Å². The maximum Gasteiger partial charge on any atom is 0.410 e. The van der Waals surface area contributed by atoms with Crippen LogP contribution in [0.15, 0.2) is 30.3 Å². The second-order valence-electron chi connectivity index (χ2n) is 5.43. The van der Waals surface area contributed by atoms with E-state index in [2.05, 4.69) is 0 Å². The van der Waals surface area contributed by atoms with Crippen LogP contribution in [0, 0.1) is 0 Å². The van der Waals surface area contributed by atoms with Gasteiger partial charge in [0.15, 0.2) is 0 Å². The lowest BCUT2D eigenvalue weighted by Crippen LogP contribution is -2.43. The molecule has 2 rings (SSSR count). The van der Waals surface area contributed by atoms with Crippen molar-refractivity contribution in [3.8, 4) is 0 Å². The SMILES string of the molecule is CC1(C)CC(N)CN1C(=O)OCc1ccccc1. The molecule has 0 saturated carbocycles. The van der Waals surface area contributed by atoms with Crippen LogP contribution in [0.4, 0.5) is 4.79 Å². The Hall–Kier alpha value is -1.55. The average Bonchev–Trinajstić information content (AvgIpc) is 2.61. The molecule has 18 heavy (non-hydrogen) atoms. The van der Waals surface area contributed by atoms with Crippen molar-refractivity contribution in [1.82, 2.24) is 4.90 Å². The number of nitrogens with two attached hydrogens (primary N) is 1. The van der Waals surface area contributed by atoms with Crippen LogP contribution in [0.5, 0.6) is 0 Å². The largest absolute Gasteiger partial charge is 0.445 e. The zero-order valence-electron chi connectivity index (χ0n) is 10.9. The molecule has 0 radical (unpaired) electrons. The molecule has 1 aromatic carbocycles. The molecule has 1 aromatic rings. The highest BCUT2D eigenvalue weighted by Crippen LogP contribution is 2.28. The third kappa shape index (κ3) is 2.82. The number of nitrogens with zero attached hydrogens (tertiary/aromatic N) is 1. The number of benzene rings is 1. The van der Waals surface area contributed by atoms with Gasteiger partial charge in [-0.05, 0) is 25.8 Å². The summed E-state index contributed by atoms with van der Waals surface area (Å²) in [6.45, 7) is 4.91. The molecule has 0 aromatic heterocycles. The highest BCUT2D eigenvalue weighted by Gasteiger charge is 2.40. The Kier molecular flexibility index (Phi) is 3.57. The molecule has 1 atom stereocenters. The van der Waals surface area contributed by atoms with Gasteiger partial charge in [-0.25, -0.2) is 4.79 Å². The van der Waals surface area contributed by atoms with Gasteiger partial charge in [-0.2, -0.15) is 0 Å². The summed E-state index contributed by atoms with van der Waals surface area (Å²) >= 11 is 0. The quantitative estimate of drug-likeness (QED) is 0.872. The third-order valence-electron chi connectivity index (χ3n) is 3.34. The van der Waals surface area contributed by atoms with E-state index in [1.54, 1.807) is 4.90 Å². The molecule has 0 spiro atoms. The summed E-state index contributed by atoms with van der Waals surface area (Å²) in [6, 6.07) is 9.72. The van der Waals surface area contributed by atoms with Gasteiger partial charge < -0.3 is 15.4 Å². The summed E-state index contributed by atoms with van der Waals surface area (Å²) in [5.41, 5.74) is 6.67. The van der Waals surface area contributed by atoms with E-state index in [-0.39, 0.29) is 17.7 Å². The standard InChI is InChI=1S/C14H20N2O2/c1-14(2)8-12(15)9-16(14)13(17)18-10-11-6-4-3-5-7-11/h3-7,12H,8-10,15H2,1-2H3. The minimum Gasteiger partial charge on any atom is -0.445 e. The Balaban J connectivity index is 1.93. The molecule has 2 N–H and O–H groups in total. The molecule has 1 fully saturated rings. The maximum atomic E-state index is 12.0. The molecule has 1 saturated heterocycles. The Labute approximate surface area is 108 Å². The second kappa shape index (κ2) is 4.98. The van der Waals surface area contributed by atoms with Gasteiger partial charge in [-0.15, -0.1) is 0 Å². The van der Waals surface area contributed by atoms with Gasteiger partial charge >= 0.3 is 6.09 Å². The first-order valence-electron chi connectivity index (χ1n) is 6.23. The van der Waals surface area contributed by atoms with Crippen LogP contribution >= 0.6 is 0 Å². The Morgan fingerprint density at radius 3 is 2.67 bits per heavy atom. The summed E-state index contributed by atoms with van der Waals surface area (Å²) in [6.07, 6.45) is 0.532. The van der Waals surface area contributed by atoms with Gasteiger partial charge in [-0.1, -0.05) is 30.3 Å². The van der Waals surface area contributed by atoms with E-state index >= 15 is 0 Å². The molecule has 4 heteroatoms. The lowest BCUT2D eigenvalue weighted by molar-refractivity contribution is 0.0751. The fourth-order valence-electron chi connectivity index (χ4n) is 2.42. The molecule has 1 aliphatic heterocycles. The fourth-order valence-corrected chi connectivity index (χ4v) is 2.42. The molecule has 4 nitrogen and oxygen atoms in total. The van der Waals surface area contributed by atoms with Crippen LogP contribution in [0.2, 0.25) is 0 Å². The smallest absolute Gasteiger partial charge is 0.410 e. The molecular weight excluding hydrogens is 228 g/mol. The third-order valence-corrected chi connectivity index (χ3v) is 3.34. The van der Waals surface area contributed by atoms with Crippen molar-refractivity contribution < 1.29 is 9.53 Å². The highest BCUT2D eigenvalue weighted by atomic mass is 16.6. The van der Waals surface area contributed by atoms with Crippen LogP contribution in [-0.4, -0.2) is 29.1 Å². The molecule has 0 bridgehead atoms. The molecule has 0 aliphatic carbocycles.